The minimum Gasteiger partial charge on any atom is -0.481 e. The van der Waals surface area contributed by atoms with E-state index in [0.717, 1.165) is 44.9 Å². The summed E-state index contributed by atoms with van der Waals surface area (Å²) >= 11 is 0. The van der Waals surface area contributed by atoms with Gasteiger partial charge in [0.1, 0.15) is 5.78 Å². The van der Waals surface area contributed by atoms with E-state index in [0.29, 0.717) is 18.6 Å². The van der Waals surface area contributed by atoms with E-state index in [2.05, 4.69) is 41.5 Å². The molecule has 0 spiro atoms. The topological polar surface area (TPSA) is 71.4 Å². The molecule has 4 saturated carbocycles. The fraction of sp³-hybridized carbons (Fsp3) is 0.833. The molecular weight excluding hydrogens is 424 g/mol. The lowest BCUT2D eigenvalue weighted by molar-refractivity contribution is -0.188. The van der Waals surface area contributed by atoms with Gasteiger partial charge in [-0.3, -0.25) is 14.4 Å². The lowest BCUT2D eigenvalue weighted by Crippen LogP contribution is -2.66. The minimum atomic E-state index is -0.721. The van der Waals surface area contributed by atoms with Crippen molar-refractivity contribution in [3.63, 3.8) is 0 Å². The number of allylic oxidation sites excluding steroid dienone is 2. The van der Waals surface area contributed by atoms with Crippen LogP contribution >= 0.6 is 0 Å². The van der Waals surface area contributed by atoms with E-state index in [1.165, 1.54) is 5.57 Å². The van der Waals surface area contributed by atoms with Crippen molar-refractivity contribution in [2.75, 3.05) is 0 Å². The zero-order valence-electron chi connectivity index (χ0n) is 22.3. The summed E-state index contributed by atoms with van der Waals surface area (Å²) in [6, 6.07) is 0. The number of aliphatic carboxylic acids is 1. The van der Waals surface area contributed by atoms with Gasteiger partial charge in [0, 0.05) is 17.8 Å². The van der Waals surface area contributed by atoms with Crippen LogP contribution in [0.2, 0.25) is 0 Å². The summed E-state index contributed by atoms with van der Waals surface area (Å²) in [7, 11) is 0. The third-order valence-corrected chi connectivity index (χ3v) is 12.8. The van der Waals surface area contributed by atoms with E-state index in [9.17, 15) is 19.5 Å². The second kappa shape index (κ2) is 6.85. The predicted molar refractivity (Wildman–Crippen MR) is 132 cm³/mol. The van der Waals surface area contributed by atoms with Crippen LogP contribution in [-0.2, 0) is 14.4 Å². The first-order chi connectivity index (χ1) is 15.6. The van der Waals surface area contributed by atoms with Crippen molar-refractivity contribution >= 4 is 17.5 Å². The number of carbonyl (C=O) groups excluding carboxylic acids is 2. The number of carboxylic acids is 1. The number of ketones is 2. The van der Waals surface area contributed by atoms with Gasteiger partial charge >= 0.3 is 5.97 Å². The Kier molecular flexibility index (Phi) is 4.89. The van der Waals surface area contributed by atoms with Gasteiger partial charge in [-0.2, -0.15) is 0 Å². The second-order valence-electron chi connectivity index (χ2n) is 14.7. The van der Waals surface area contributed by atoms with Gasteiger partial charge in [0.25, 0.3) is 0 Å². The Hall–Kier alpha value is -1.45. The van der Waals surface area contributed by atoms with Gasteiger partial charge in [-0.15, -0.1) is 0 Å². The van der Waals surface area contributed by atoms with E-state index in [4.69, 9.17) is 0 Å². The molecule has 0 bridgehead atoms. The lowest BCUT2D eigenvalue weighted by Gasteiger charge is -2.69. The average Bonchev–Trinajstić information content (AvgIpc) is 2.73. The van der Waals surface area contributed by atoms with Gasteiger partial charge in [-0.25, -0.2) is 0 Å². The fourth-order valence-corrected chi connectivity index (χ4v) is 10.2. The first-order valence-corrected chi connectivity index (χ1v) is 13.6. The molecule has 0 aromatic heterocycles. The van der Waals surface area contributed by atoms with Crippen LogP contribution in [0.3, 0.4) is 0 Å². The molecule has 0 aliphatic heterocycles. The number of carboxylic acid groups (broad SMARTS) is 1. The van der Waals surface area contributed by atoms with E-state index < -0.39 is 11.4 Å². The third-order valence-electron chi connectivity index (χ3n) is 12.8. The Bertz CT molecular complexity index is 1010. The van der Waals surface area contributed by atoms with Gasteiger partial charge in [-0.05, 0) is 97.9 Å². The molecule has 0 aromatic carbocycles. The Morgan fingerprint density at radius 2 is 1.56 bits per heavy atom. The molecule has 0 heterocycles. The highest BCUT2D eigenvalue weighted by Crippen LogP contribution is 2.74. The van der Waals surface area contributed by atoms with Crippen molar-refractivity contribution in [3.05, 3.63) is 11.6 Å². The van der Waals surface area contributed by atoms with Gasteiger partial charge < -0.3 is 5.11 Å². The maximum Gasteiger partial charge on any atom is 0.309 e. The number of hydrogen-bond donors (Lipinski definition) is 1. The minimum absolute atomic E-state index is 0.0707. The molecule has 1 unspecified atom stereocenters. The van der Waals surface area contributed by atoms with Crippen LogP contribution in [0.15, 0.2) is 11.6 Å². The largest absolute Gasteiger partial charge is 0.481 e. The van der Waals surface area contributed by atoms with Crippen LogP contribution in [0.25, 0.3) is 0 Å². The second-order valence-corrected chi connectivity index (χ2v) is 14.7. The van der Waals surface area contributed by atoms with Crippen LogP contribution in [0.5, 0.6) is 0 Å². The van der Waals surface area contributed by atoms with Gasteiger partial charge in [0.15, 0.2) is 5.78 Å². The molecule has 8 atom stereocenters. The van der Waals surface area contributed by atoms with Crippen LogP contribution in [0.1, 0.15) is 106 Å². The Morgan fingerprint density at radius 3 is 2.21 bits per heavy atom. The van der Waals surface area contributed by atoms with Crippen LogP contribution in [0, 0.1) is 50.2 Å². The molecule has 0 aromatic rings. The number of hydrogen-bond acceptors (Lipinski definition) is 3. The van der Waals surface area contributed by atoms with Crippen LogP contribution in [-0.4, -0.2) is 22.6 Å². The number of Topliss-reactive ketones (excluding diaryl/α,β-unsaturated/α-hetero) is 1. The highest BCUT2D eigenvalue weighted by molar-refractivity contribution is 5.96. The van der Waals surface area contributed by atoms with Gasteiger partial charge in [-0.1, -0.05) is 47.1 Å². The van der Waals surface area contributed by atoms with Crippen molar-refractivity contribution in [2.24, 2.45) is 50.2 Å². The van der Waals surface area contributed by atoms with Crippen LogP contribution in [0.4, 0.5) is 0 Å². The van der Waals surface area contributed by atoms with Crippen LogP contribution < -0.4 is 0 Å². The van der Waals surface area contributed by atoms with Gasteiger partial charge in [0.2, 0.25) is 0 Å². The molecule has 5 aliphatic carbocycles. The molecule has 0 amide bonds. The summed E-state index contributed by atoms with van der Waals surface area (Å²) in [5, 5.41) is 10.0. The first kappa shape index (κ1) is 24.3. The van der Waals surface area contributed by atoms with E-state index in [1.807, 2.05) is 13.0 Å². The molecule has 5 rings (SSSR count). The monoisotopic (exact) mass is 468 g/mol. The molecular formula is C30H44O4. The van der Waals surface area contributed by atoms with E-state index in [-0.39, 0.29) is 50.6 Å². The highest BCUT2D eigenvalue weighted by atomic mass is 16.4. The zero-order valence-corrected chi connectivity index (χ0v) is 22.3. The maximum atomic E-state index is 14.2. The zero-order chi connectivity index (χ0) is 25.1. The van der Waals surface area contributed by atoms with E-state index >= 15 is 0 Å². The SMILES string of the molecule is CC1(C)C(=O)CC[C@]2(C)[C@H]3C(=O)C=C4C5C[C@@](C)(C(=O)O)CC[C@]5(C)CC[C@@]4(C)[C@]3(C)CC[C@@H]12. The van der Waals surface area contributed by atoms with Gasteiger partial charge in [0.05, 0.1) is 5.41 Å². The quantitative estimate of drug-likeness (QED) is 0.469. The summed E-state index contributed by atoms with van der Waals surface area (Å²) in [5.74, 6) is 0.222. The van der Waals surface area contributed by atoms with Crippen molar-refractivity contribution in [2.45, 2.75) is 106 Å². The summed E-state index contributed by atoms with van der Waals surface area (Å²) < 4.78 is 0. The Labute approximate surface area is 205 Å². The summed E-state index contributed by atoms with van der Waals surface area (Å²) in [6.07, 6.45) is 9.78. The molecule has 5 aliphatic rings. The maximum absolute atomic E-state index is 14.2. The van der Waals surface area contributed by atoms with Crippen molar-refractivity contribution in [1.82, 2.24) is 0 Å². The average molecular weight is 469 g/mol. The molecule has 34 heavy (non-hydrogen) atoms. The fourth-order valence-electron chi connectivity index (χ4n) is 10.2. The molecule has 0 saturated heterocycles. The Balaban J connectivity index is 1.63. The molecule has 188 valence electrons. The van der Waals surface area contributed by atoms with Crippen molar-refractivity contribution in [1.29, 1.82) is 0 Å². The number of carbonyl (C=O) groups is 3. The summed E-state index contributed by atoms with van der Waals surface area (Å²) in [5.41, 5.74) is -0.205. The molecule has 4 heteroatoms. The molecule has 1 N–H and O–H groups in total. The lowest BCUT2D eigenvalue weighted by atomic mass is 9.33. The predicted octanol–water partition coefficient (Wildman–Crippen LogP) is 6.62. The number of rotatable bonds is 1. The standard InChI is InChI=1S/C30H44O4/c1-25(2)21-8-11-30(7)23(28(21,5)10-9-22(25)32)20(31)16-18-19-17-27(4,24(33)34)13-12-26(19,3)14-15-29(18,30)6/h16,19,21,23H,8-15,17H2,1-7H3,(H,33,34)/t19?,21-,23+,26+,27-,28-,29+,30+/m0/s1. The first-order valence-electron chi connectivity index (χ1n) is 13.6. The molecule has 0 radical (unpaired) electrons. The summed E-state index contributed by atoms with van der Waals surface area (Å²) in [6.45, 7) is 15.5. The molecule has 4 nitrogen and oxygen atoms in total. The van der Waals surface area contributed by atoms with Crippen molar-refractivity contribution in [3.8, 4) is 0 Å². The smallest absolute Gasteiger partial charge is 0.309 e. The normalized spacial score (nSPS) is 52.0. The van der Waals surface area contributed by atoms with E-state index in [1.54, 1.807) is 0 Å². The highest BCUT2D eigenvalue weighted by Gasteiger charge is 2.70. The molecule has 4 fully saturated rings. The number of fused-ring (bicyclic) bond motifs is 7. The van der Waals surface area contributed by atoms with Crippen molar-refractivity contribution < 1.29 is 19.5 Å². The Morgan fingerprint density at radius 1 is 0.912 bits per heavy atom. The summed E-state index contributed by atoms with van der Waals surface area (Å²) in [4.78, 5) is 39.3. The third kappa shape index (κ3) is 2.75.